The van der Waals surface area contributed by atoms with Gasteiger partial charge in [0.1, 0.15) is 0 Å². The lowest BCUT2D eigenvalue weighted by Gasteiger charge is -2.50. The summed E-state index contributed by atoms with van der Waals surface area (Å²) in [5.74, 6) is 0.959. The van der Waals surface area contributed by atoms with E-state index in [0.717, 1.165) is 32.5 Å². The normalized spacial score (nSPS) is 32.0. The van der Waals surface area contributed by atoms with Crippen LogP contribution in [0.2, 0.25) is 0 Å². The van der Waals surface area contributed by atoms with Crippen molar-refractivity contribution in [3.05, 3.63) is 30.1 Å². The molecule has 1 aliphatic heterocycles. The van der Waals surface area contributed by atoms with Crippen molar-refractivity contribution in [2.45, 2.75) is 44.6 Å². The molecular weight excluding hydrogens is 248 g/mol. The van der Waals surface area contributed by atoms with Crippen LogP contribution in [0.15, 0.2) is 24.4 Å². The molecule has 0 unspecified atom stereocenters. The fourth-order valence-electron chi connectivity index (χ4n) is 3.76. The van der Waals surface area contributed by atoms with Gasteiger partial charge >= 0.3 is 0 Å². The highest BCUT2D eigenvalue weighted by molar-refractivity contribution is 5.04. The van der Waals surface area contributed by atoms with Crippen molar-refractivity contribution in [1.82, 2.24) is 9.88 Å². The van der Waals surface area contributed by atoms with E-state index in [4.69, 9.17) is 0 Å². The molecule has 3 rings (SSSR count). The van der Waals surface area contributed by atoms with Gasteiger partial charge in [-0.3, -0.25) is 4.98 Å². The van der Waals surface area contributed by atoms with Gasteiger partial charge in [0.05, 0.1) is 5.60 Å². The van der Waals surface area contributed by atoms with Crippen LogP contribution in [0.5, 0.6) is 0 Å². The summed E-state index contributed by atoms with van der Waals surface area (Å²) in [7, 11) is 0. The standard InChI is InChI=1S/C17H26N2O/c1-14-13-19(11-8-16-7-2-3-10-18-16)12-9-17(14,20)15-5-4-6-15/h2-3,7,10,14-15,20H,4-6,8-9,11-13H2,1H3/t14-,17+/m1/s1. The summed E-state index contributed by atoms with van der Waals surface area (Å²) in [4.78, 5) is 6.88. The number of hydrogen-bond acceptors (Lipinski definition) is 3. The quantitative estimate of drug-likeness (QED) is 0.916. The first kappa shape index (κ1) is 14.0. The number of likely N-dealkylation sites (tertiary alicyclic amines) is 1. The predicted octanol–water partition coefficient (Wildman–Crippen LogP) is 2.50. The van der Waals surface area contributed by atoms with Crippen molar-refractivity contribution in [3.63, 3.8) is 0 Å². The van der Waals surface area contributed by atoms with Gasteiger partial charge < -0.3 is 10.0 Å². The van der Waals surface area contributed by atoms with E-state index in [0.29, 0.717) is 11.8 Å². The molecule has 1 aromatic heterocycles. The van der Waals surface area contributed by atoms with Crippen molar-refractivity contribution in [2.24, 2.45) is 11.8 Å². The minimum Gasteiger partial charge on any atom is -0.389 e. The zero-order valence-corrected chi connectivity index (χ0v) is 12.5. The third-order valence-corrected chi connectivity index (χ3v) is 5.44. The Balaban J connectivity index is 1.52. The van der Waals surface area contributed by atoms with Gasteiger partial charge in [-0.2, -0.15) is 0 Å². The molecule has 1 saturated carbocycles. The van der Waals surface area contributed by atoms with Crippen molar-refractivity contribution >= 4 is 0 Å². The Labute approximate surface area is 122 Å². The molecule has 0 amide bonds. The van der Waals surface area contributed by atoms with E-state index in [2.05, 4.69) is 28.9 Å². The lowest BCUT2D eigenvalue weighted by atomic mass is 9.65. The molecule has 2 aliphatic rings. The zero-order chi connectivity index (χ0) is 14.0. The van der Waals surface area contributed by atoms with E-state index in [9.17, 15) is 5.11 Å². The van der Waals surface area contributed by atoms with Crippen LogP contribution in [-0.2, 0) is 6.42 Å². The second-order valence-electron chi connectivity index (χ2n) is 6.64. The maximum absolute atomic E-state index is 10.9. The minimum atomic E-state index is -0.389. The highest BCUT2D eigenvalue weighted by Crippen LogP contribution is 2.44. The SMILES string of the molecule is C[C@@H]1CN(CCc2ccccn2)CC[C@@]1(O)C1CCC1. The Kier molecular flexibility index (Phi) is 4.08. The molecular formula is C17H26N2O. The summed E-state index contributed by atoms with van der Waals surface area (Å²) in [6.07, 6.45) is 7.59. The van der Waals surface area contributed by atoms with E-state index in [1.807, 2.05) is 12.3 Å². The predicted molar refractivity (Wildman–Crippen MR) is 80.5 cm³/mol. The molecule has 1 aliphatic carbocycles. The van der Waals surface area contributed by atoms with Crippen LogP contribution in [0, 0.1) is 11.8 Å². The number of nitrogens with zero attached hydrogens (tertiary/aromatic N) is 2. The molecule has 2 heterocycles. The summed E-state index contributed by atoms with van der Waals surface area (Å²) < 4.78 is 0. The van der Waals surface area contributed by atoms with Gasteiger partial charge in [-0.05, 0) is 43.2 Å². The average Bonchev–Trinajstić information content (AvgIpc) is 2.40. The van der Waals surface area contributed by atoms with Gasteiger partial charge in [0.2, 0.25) is 0 Å². The smallest absolute Gasteiger partial charge is 0.0725 e. The second kappa shape index (κ2) is 5.82. The Morgan fingerprint density at radius 1 is 1.40 bits per heavy atom. The van der Waals surface area contributed by atoms with E-state index in [-0.39, 0.29) is 5.60 Å². The van der Waals surface area contributed by atoms with Gasteiger partial charge in [-0.15, -0.1) is 0 Å². The molecule has 1 N–H and O–H groups in total. The van der Waals surface area contributed by atoms with Gasteiger partial charge in [-0.1, -0.05) is 19.4 Å². The van der Waals surface area contributed by atoms with Crippen LogP contribution in [-0.4, -0.2) is 40.2 Å². The highest BCUT2D eigenvalue weighted by Gasteiger charge is 2.46. The molecule has 3 nitrogen and oxygen atoms in total. The number of aliphatic hydroxyl groups is 1. The van der Waals surface area contributed by atoms with Crippen molar-refractivity contribution in [2.75, 3.05) is 19.6 Å². The van der Waals surface area contributed by atoms with Crippen LogP contribution < -0.4 is 0 Å². The Hall–Kier alpha value is -0.930. The van der Waals surface area contributed by atoms with E-state index in [1.54, 1.807) is 0 Å². The van der Waals surface area contributed by atoms with E-state index in [1.165, 1.54) is 25.0 Å². The molecule has 2 atom stereocenters. The maximum atomic E-state index is 10.9. The Morgan fingerprint density at radius 3 is 2.85 bits per heavy atom. The molecule has 0 spiro atoms. The number of hydrogen-bond donors (Lipinski definition) is 1. The van der Waals surface area contributed by atoms with Crippen LogP contribution in [0.3, 0.4) is 0 Å². The summed E-state index contributed by atoms with van der Waals surface area (Å²) in [5, 5.41) is 10.9. The molecule has 20 heavy (non-hydrogen) atoms. The van der Waals surface area contributed by atoms with Crippen LogP contribution in [0.1, 0.15) is 38.3 Å². The topological polar surface area (TPSA) is 36.4 Å². The fraction of sp³-hybridized carbons (Fsp3) is 0.706. The molecule has 0 aromatic carbocycles. The van der Waals surface area contributed by atoms with Gasteiger partial charge in [0.25, 0.3) is 0 Å². The first-order chi connectivity index (χ1) is 9.68. The minimum absolute atomic E-state index is 0.389. The number of rotatable bonds is 4. The van der Waals surface area contributed by atoms with Crippen LogP contribution >= 0.6 is 0 Å². The van der Waals surface area contributed by atoms with Crippen LogP contribution in [0.4, 0.5) is 0 Å². The number of pyridine rings is 1. The first-order valence-electron chi connectivity index (χ1n) is 8.03. The lowest BCUT2D eigenvalue weighted by Crippen LogP contribution is -2.56. The van der Waals surface area contributed by atoms with Crippen molar-refractivity contribution in [3.8, 4) is 0 Å². The second-order valence-corrected chi connectivity index (χ2v) is 6.64. The average molecular weight is 274 g/mol. The number of piperidine rings is 1. The molecule has 2 fully saturated rings. The summed E-state index contributed by atoms with van der Waals surface area (Å²) in [5.41, 5.74) is 0.778. The zero-order valence-electron chi connectivity index (χ0n) is 12.5. The summed E-state index contributed by atoms with van der Waals surface area (Å²) in [6.45, 7) is 5.34. The molecule has 0 radical (unpaired) electrons. The van der Waals surface area contributed by atoms with Gasteiger partial charge in [0.15, 0.2) is 0 Å². The third-order valence-electron chi connectivity index (χ3n) is 5.44. The van der Waals surface area contributed by atoms with Crippen molar-refractivity contribution < 1.29 is 5.11 Å². The fourth-order valence-corrected chi connectivity index (χ4v) is 3.76. The third kappa shape index (κ3) is 2.75. The molecule has 110 valence electrons. The van der Waals surface area contributed by atoms with Crippen molar-refractivity contribution in [1.29, 1.82) is 0 Å². The first-order valence-corrected chi connectivity index (χ1v) is 8.03. The molecule has 1 aromatic rings. The highest BCUT2D eigenvalue weighted by atomic mass is 16.3. The number of aromatic nitrogens is 1. The lowest BCUT2D eigenvalue weighted by molar-refractivity contribution is -0.127. The monoisotopic (exact) mass is 274 g/mol. The van der Waals surface area contributed by atoms with E-state index >= 15 is 0 Å². The summed E-state index contributed by atoms with van der Waals surface area (Å²) in [6, 6.07) is 6.11. The Morgan fingerprint density at radius 2 is 2.25 bits per heavy atom. The van der Waals surface area contributed by atoms with Gasteiger partial charge in [-0.25, -0.2) is 0 Å². The maximum Gasteiger partial charge on any atom is 0.0725 e. The largest absolute Gasteiger partial charge is 0.389 e. The van der Waals surface area contributed by atoms with E-state index < -0.39 is 0 Å². The molecule has 0 bridgehead atoms. The van der Waals surface area contributed by atoms with Gasteiger partial charge in [0, 0.05) is 37.9 Å². The summed E-state index contributed by atoms with van der Waals surface area (Å²) >= 11 is 0. The Bertz CT molecular complexity index is 432. The molecule has 3 heteroatoms. The van der Waals surface area contributed by atoms with Crippen LogP contribution in [0.25, 0.3) is 0 Å². The molecule has 1 saturated heterocycles.